The molecule has 59 heavy (non-hydrogen) atoms. The highest BCUT2D eigenvalue weighted by molar-refractivity contribution is 6.31. The lowest BCUT2D eigenvalue weighted by molar-refractivity contribution is -0.199. The molecule has 4 aliphatic rings. The summed E-state index contributed by atoms with van der Waals surface area (Å²) in [6.45, 7) is 23.8. The van der Waals surface area contributed by atoms with Crippen molar-refractivity contribution in [2.75, 3.05) is 32.7 Å². The summed E-state index contributed by atoms with van der Waals surface area (Å²) in [6.07, 6.45) is -1.56. The van der Waals surface area contributed by atoms with Crippen LogP contribution in [-0.4, -0.2) is 106 Å². The summed E-state index contributed by atoms with van der Waals surface area (Å²) < 4.78 is 22.4. The Labute approximate surface area is 351 Å². The first kappa shape index (κ1) is 43.8. The van der Waals surface area contributed by atoms with Crippen molar-refractivity contribution in [3.8, 4) is 23.7 Å². The number of alkyl halides is 1. The number of carbonyl (C=O) groups excluding carboxylic acids is 4. The topological polar surface area (TPSA) is 148 Å². The van der Waals surface area contributed by atoms with Crippen molar-refractivity contribution in [3.63, 3.8) is 0 Å². The molecule has 1 saturated carbocycles. The highest BCUT2D eigenvalue weighted by Crippen LogP contribution is 2.59. The van der Waals surface area contributed by atoms with Crippen LogP contribution in [0.3, 0.4) is 0 Å². The molecule has 2 aromatic rings. The molecule has 0 bridgehead atoms. The maximum atomic E-state index is 15.9. The molecule has 2 N–H and O–H groups in total. The van der Waals surface area contributed by atoms with Crippen molar-refractivity contribution in [3.05, 3.63) is 70.0 Å². The molecule has 6 rings (SSSR count). The van der Waals surface area contributed by atoms with E-state index >= 15 is 4.39 Å². The predicted molar refractivity (Wildman–Crippen MR) is 222 cm³/mol. The number of halogens is 2. The van der Waals surface area contributed by atoms with E-state index in [1.165, 1.54) is 0 Å². The second-order valence-electron chi connectivity index (χ2n) is 18.3. The third kappa shape index (κ3) is 8.75. The zero-order valence-electron chi connectivity index (χ0n) is 35.2. The van der Waals surface area contributed by atoms with Gasteiger partial charge in [0.25, 0.3) is 5.91 Å². The molecule has 12 nitrogen and oxygen atoms in total. The molecule has 0 radical (unpaired) electrons. The molecule has 4 amide bonds. The molecule has 3 aliphatic heterocycles. The summed E-state index contributed by atoms with van der Waals surface area (Å²) in [6, 6.07) is 9.73. The van der Waals surface area contributed by atoms with Gasteiger partial charge in [0.15, 0.2) is 0 Å². The minimum atomic E-state index is -1.61. The molecule has 3 atom stereocenters. The Morgan fingerprint density at radius 2 is 1.80 bits per heavy atom. The fourth-order valence-corrected chi connectivity index (χ4v) is 9.90. The highest BCUT2D eigenvalue weighted by atomic mass is 35.5. The monoisotopic (exact) mass is 827 g/mol. The van der Waals surface area contributed by atoms with Crippen LogP contribution < -0.4 is 15.4 Å². The number of hydrogen-bond donors (Lipinski definition) is 2. The van der Waals surface area contributed by atoms with Gasteiger partial charge in [0.05, 0.1) is 33.9 Å². The SMILES string of the molecule is C=C(C(=O)NC1CCC(=O)NC1=O)C(F)[C@H](CN1CCN(C(C)(C)C#Cc2ccc3c(n2)CN(C2C(C)(C)C(Oc4ccc(C#N)c(Cl)c4)C2(C)C)C3=O)CC1)C(C)C. The second-order valence-corrected chi connectivity index (χ2v) is 18.7. The summed E-state index contributed by atoms with van der Waals surface area (Å²) in [5, 5.41) is 14.3. The first-order valence-electron chi connectivity index (χ1n) is 20.3. The maximum Gasteiger partial charge on any atom is 0.256 e. The van der Waals surface area contributed by atoms with Gasteiger partial charge in [-0.2, -0.15) is 5.26 Å². The average Bonchev–Trinajstić information content (AvgIpc) is 3.49. The number of pyridine rings is 1. The number of nitriles is 1. The van der Waals surface area contributed by atoms with Gasteiger partial charge in [0.2, 0.25) is 17.7 Å². The van der Waals surface area contributed by atoms with Crippen LogP contribution in [0.25, 0.3) is 0 Å². The summed E-state index contributed by atoms with van der Waals surface area (Å²) in [5.74, 6) is 4.93. The Morgan fingerprint density at radius 3 is 2.41 bits per heavy atom. The fourth-order valence-electron chi connectivity index (χ4n) is 9.68. The second kappa shape index (κ2) is 16.7. The first-order valence-corrected chi connectivity index (χ1v) is 20.7. The van der Waals surface area contributed by atoms with E-state index in [1.54, 1.807) is 24.3 Å². The number of imide groups is 1. The quantitative estimate of drug-likeness (QED) is 0.176. The van der Waals surface area contributed by atoms with Crippen LogP contribution in [-0.2, 0) is 20.9 Å². The summed E-state index contributed by atoms with van der Waals surface area (Å²) in [7, 11) is 0. The van der Waals surface area contributed by atoms with E-state index < -0.39 is 52.2 Å². The first-order chi connectivity index (χ1) is 27.6. The van der Waals surface area contributed by atoms with E-state index in [-0.39, 0.29) is 42.4 Å². The van der Waals surface area contributed by atoms with Gasteiger partial charge in [-0.1, -0.05) is 65.6 Å². The van der Waals surface area contributed by atoms with Gasteiger partial charge in [-0.05, 0) is 56.4 Å². The average molecular weight is 828 g/mol. The molecule has 1 aromatic carbocycles. The minimum absolute atomic E-state index is 0.0604. The van der Waals surface area contributed by atoms with Gasteiger partial charge in [-0.15, -0.1) is 0 Å². The van der Waals surface area contributed by atoms with Crippen molar-refractivity contribution < 1.29 is 28.3 Å². The number of aromatic nitrogens is 1. The minimum Gasteiger partial charge on any atom is -0.489 e. The third-order valence-electron chi connectivity index (χ3n) is 12.7. The number of nitrogens with zero attached hydrogens (tertiary/aromatic N) is 5. The molecule has 3 fully saturated rings. The van der Waals surface area contributed by atoms with Crippen LogP contribution in [0.15, 0.2) is 42.5 Å². The third-order valence-corrected chi connectivity index (χ3v) is 13.0. The van der Waals surface area contributed by atoms with Crippen LogP contribution in [0, 0.1) is 45.8 Å². The zero-order chi connectivity index (χ0) is 43.2. The number of piperazine rings is 1. The van der Waals surface area contributed by atoms with Gasteiger partial charge < -0.3 is 19.9 Å². The lowest BCUT2D eigenvalue weighted by Gasteiger charge is -2.65. The number of ether oxygens (including phenoxy) is 1. The zero-order valence-corrected chi connectivity index (χ0v) is 36.0. The van der Waals surface area contributed by atoms with Crippen LogP contribution >= 0.6 is 11.6 Å². The van der Waals surface area contributed by atoms with E-state index in [1.807, 2.05) is 24.8 Å². The summed E-state index contributed by atoms with van der Waals surface area (Å²) in [4.78, 5) is 61.6. The standard InChI is InChI=1S/C45H55ClFN7O5/c1-26(2)32(37(47)27(3)38(56)50-34-14-15-36(55)51-39(34)57)24-52-18-20-53(21-19-52)43(4,5)17-16-29-11-13-31-35(49-29)25-54(40(31)58)41-44(6,7)42(45(41,8)9)59-30-12-10-28(23-48)33(46)22-30/h10-13,22,26,32,34,37,41-42H,3,14-15,18-21,24-25H2,1-2,4-9H3,(H,50,56)(H,51,55,57)/t32-,34?,37?,41?,42?/m1/s1. The van der Waals surface area contributed by atoms with Crippen molar-refractivity contribution in [1.82, 2.24) is 30.3 Å². The Kier molecular flexibility index (Phi) is 12.4. The number of piperidine rings is 1. The van der Waals surface area contributed by atoms with Gasteiger partial charge >= 0.3 is 0 Å². The molecular formula is C45H55ClFN7O5. The fraction of sp³-hybridized carbons (Fsp3) is 0.556. The lowest BCUT2D eigenvalue weighted by atomic mass is 9.49. The number of hydrogen-bond acceptors (Lipinski definition) is 9. The number of rotatable bonds is 11. The van der Waals surface area contributed by atoms with Crippen molar-refractivity contribution in [2.24, 2.45) is 22.7 Å². The van der Waals surface area contributed by atoms with E-state index in [9.17, 15) is 24.4 Å². The number of fused-ring (bicyclic) bond motifs is 1. The van der Waals surface area contributed by atoms with Crippen molar-refractivity contribution >= 4 is 35.2 Å². The maximum absolute atomic E-state index is 15.9. The normalized spacial score (nSPS) is 23.9. The predicted octanol–water partition coefficient (Wildman–Crippen LogP) is 5.28. The smallest absolute Gasteiger partial charge is 0.256 e. The number of benzene rings is 1. The molecular weight excluding hydrogens is 773 g/mol. The molecule has 1 aliphatic carbocycles. The van der Waals surface area contributed by atoms with Crippen LogP contribution in [0.5, 0.6) is 5.75 Å². The molecule has 0 spiro atoms. The van der Waals surface area contributed by atoms with Crippen LogP contribution in [0.4, 0.5) is 4.39 Å². The summed E-state index contributed by atoms with van der Waals surface area (Å²) in [5.41, 5.74) is 0.741. The Bertz CT molecular complexity index is 2130. The molecule has 314 valence electrons. The van der Waals surface area contributed by atoms with Gasteiger partial charge in [-0.3, -0.25) is 29.4 Å². The van der Waals surface area contributed by atoms with Crippen LogP contribution in [0.1, 0.15) is 95.5 Å². The van der Waals surface area contributed by atoms with Crippen LogP contribution in [0.2, 0.25) is 5.02 Å². The lowest BCUT2D eigenvalue weighted by Crippen LogP contribution is -2.74. The number of amides is 4. The van der Waals surface area contributed by atoms with E-state index in [2.05, 4.69) is 86.5 Å². The van der Waals surface area contributed by atoms with Gasteiger partial charge in [0, 0.05) is 73.6 Å². The van der Waals surface area contributed by atoms with E-state index in [0.29, 0.717) is 72.6 Å². The Morgan fingerprint density at radius 1 is 1.12 bits per heavy atom. The van der Waals surface area contributed by atoms with Crippen molar-refractivity contribution in [2.45, 2.75) is 105 Å². The van der Waals surface area contributed by atoms with E-state index in [4.69, 9.17) is 21.3 Å². The molecule has 2 saturated heterocycles. The molecule has 1 aromatic heterocycles. The van der Waals surface area contributed by atoms with E-state index in [0.717, 1.165) is 0 Å². The Balaban J connectivity index is 1.04. The molecule has 4 heterocycles. The highest BCUT2D eigenvalue weighted by Gasteiger charge is 2.67. The molecule has 2 unspecified atom stereocenters. The summed E-state index contributed by atoms with van der Waals surface area (Å²) >= 11 is 6.29. The van der Waals surface area contributed by atoms with Crippen molar-refractivity contribution in [1.29, 1.82) is 5.26 Å². The largest absolute Gasteiger partial charge is 0.489 e. The Hall–Kier alpha value is -4.82. The molecule has 14 heteroatoms. The number of carbonyl (C=O) groups is 4. The van der Waals surface area contributed by atoms with Gasteiger partial charge in [-0.25, -0.2) is 9.37 Å². The van der Waals surface area contributed by atoms with Gasteiger partial charge in [0.1, 0.15) is 35.8 Å². The number of nitrogens with one attached hydrogen (secondary N) is 2.